The monoisotopic (exact) mass is 306 g/mol. The van der Waals surface area contributed by atoms with E-state index in [2.05, 4.69) is 22.8 Å². The van der Waals surface area contributed by atoms with Crippen LogP contribution in [0.3, 0.4) is 0 Å². The Balaban J connectivity index is 1.93. The molecular formula is C17H26N2O3. The second-order valence-electron chi connectivity index (χ2n) is 6.67. The fraction of sp³-hybridized carbons (Fsp3) is 0.588. The molecule has 1 aliphatic rings. The van der Waals surface area contributed by atoms with Gasteiger partial charge in [-0.1, -0.05) is 12.1 Å². The van der Waals surface area contributed by atoms with Gasteiger partial charge in [0.2, 0.25) is 0 Å². The van der Waals surface area contributed by atoms with E-state index in [1.165, 1.54) is 5.56 Å². The minimum Gasteiger partial charge on any atom is -0.497 e. The number of rotatable bonds is 5. The summed E-state index contributed by atoms with van der Waals surface area (Å²) in [4.78, 5) is 11.7. The van der Waals surface area contributed by atoms with Crippen LogP contribution in [0.5, 0.6) is 5.75 Å². The fourth-order valence-corrected chi connectivity index (χ4v) is 2.64. The maximum absolute atomic E-state index is 11.7. The van der Waals surface area contributed by atoms with Gasteiger partial charge in [-0.3, -0.25) is 0 Å². The van der Waals surface area contributed by atoms with Crippen molar-refractivity contribution in [1.29, 1.82) is 0 Å². The lowest BCUT2D eigenvalue weighted by molar-refractivity contribution is 0.0517. The minimum absolute atomic E-state index is 0.0798. The first-order chi connectivity index (χ1) is 10.3. The summed E-state index contributed by atoms with van der Waals surface area (Å²) >= 11 is 0. The second kappa shape index (κ2) is 6.57. The molecule has 1 unspecified atom stereocenters. The molecule has 1 saturated heterocycles. The van der Waals surface area contributed by atoms with Crippen LogP contribution in [-0.2, 0) is 10.3 Å². The fourth-order valence-electron chi connectivity index (χ4n) is 2.64. The Morgan fingerprint density at radius 1 is 1.41 bits per heavy atom. The highest BCUT2D eigenvalue weighted by atomic mass is 16.6. The number of carbonyl (C=O) groups is 1. The van der Waals surface area contributed by atoms with Crippen molar-refractivity contribution in [1.82, 2.24) is 10.6 Å². The zero-order valence-corrected chi connectivity index (χ0v) is 13.9. The number of ether oxygens (including phenoxy) is 2. The molecule has 1 amide bonds. The maximum Gasteiger partial charge on any atom is 0.407 e. The molecule has 1 heterocycles. The number of benzene rings is 1. The molecule has 5 heteroatoms. The second-order valence-corrected chi connectivity index (χ2v) is 6.67. The zero-order valence-electron chi connectivity index (χ0n) is 13.9. The molecular weight excluding hydrogens is 280 g/mol. The van der Waals surface area contributed by atoms with E-state index < -0.39 is 5.60 Å². The number of amides is 1. The first-order valence-electron chi connectivity index (χ1n) is 7.71. The molecule has 2 rings (SSSR count). The van der Waals surface area contributed by atoms with Crippen LogP contribution in [0.4, 0.5) is 4.79 Å². The average molecular weight is 306 g/mol. The molecule has 0 aliphatic carbocycles. The van der Waals surface area contributed by atoms with Crippen molar-refractivity contribution >= 4 is 6.09 Å². The zero-order chi connectivity index (χ0) is 16.2. The summed E-state index contributed by atoms with van der Waals surface area (Å²) in [5.74, 6) is 0.852. The lowest BCUT2D eigenvalue weighted by Crippen LogP contribution is -2.55. The summed E-state index contributed by atoms with van der Waals surface area (Å²) in [6.45, 7) is 7.14. The largest absolute Gasteiger partial charge is 0.497 e. The smallest absolute Gasteiger partial charge is 0.407 e. The van der Waals surface area contributed by atoms with E-state index in [-0.39, 0.29) is 11.6 Å². The van der Waals surface area contributed by atoms with E-state index in [4.69, 9.17) is 9.47 Å². The van der Waals surface area contributed by atoms with Crippen LogP contribution in [0.2, 0.25) is 0 Å². The van der Waals surface area contributed by atoms with Crippen LogP contribution < -0.4 is 15.4 Å². The Bertz CT molecular complexity index is 519. The van der Waals surface area contributed by atoms with E-state index in [0.717, 1.165) is 25.1 Å². The van der Waals surface area contributed by atoms with E-state index in [0.29, 0.717) is 6.54 Å². The van der Waals surface area contributed by atoms with Gasteiger partial charge in [-0.15, -0.1) is 0 Å². The summed E-state index contributed by atoms with van der Waals surface area (Å²) in [6, 6.07) is 8.09. The molecule has 22 heavy (non-hydrogen) atoms. The van der Waals surface area contributed by atoms with Crippen LogP contribution in [-0.4, -0.2) is 31.9 Å². The number of nitrogens with one attached hydrogen (secondary N) is 2. The molecule has 1 aromatic rings. The maximum atomic E-state index is 11.7. The van der Waals surface area contributed by atoms with Crippen molar-refractivity contribution in [3.05, 3.63) is 29.8 Å². The van der Waals surface area contributed by atoms with Gasteiger partial charge in [-0.2, -0.15) is 0 Å². The van der Waals surface area contributed by atoms with Gasteiger partial charge < -0.3 is 20.1 Å². The molecule has 2 N–H and O–H groups in total. The van der Waals surface area contributed by atoms with Gasteiger partial charge in [0.25, 0.3) is 0 Å². The number of hydrogen-bond acceptors (Lipinski definition) is 4. The van der Waals surface area contributed by atoms with Crippen molar-refractivity contribution in [2.24, 2.45) is 0 Å². The quantitative estimate of drug-likeness (QED) is 0.878. The van der Waals surface area contributed by atoms with Gasteiger partial charge >= 0.3 is 6.09 Å². The number of hydrogen-bond donors (Lipinski definition) is 2. The molecule has 0 saturated carbocycles. The van der Waals surface area contributed by atoms with Crippen molar-refractivity contribution in [3.63, 3.8) is 0 Å². The molecule has 0 aromatic heterocycles. The third-order valence-corrected chi connectivity index (χ3v) is 3.86. The molecule has 1 fully saturated rings. The van der Waals surface area contributed by atoms with E-state index >= 15 is 0 Å². The van der Waals surface area contributed by atoms with Crippen LogP contribution >= 0.6 is 0 Å². The molecule has 0 spiro atoms. The Labute approximate surface area is 132 Å². The highest BCUT2D eigenvalue weighted by Gasteiger charge is 2.38. The highest BCUT2D eigenvalue weighted by molar-refractivity contribution is 5.67. The van der Waals surface area contributed by atoms with Gasteiger partial charge in [0.05, 0.1) is 7.11 Å². The molecule has 122 valence electrons. The predicted molar refractivity (Wildman–Crippen MR) is 86.1 cm³/mol. The Morgan fingerprint density at radius 3 is 2.68 bits per heavy atom. The van der Waals surface area contributed by atoms with Gasteiger partial charge in [-0.25, -0.2) is 4.79 Å². The summed E-state index contributed by atoms with van der Waals surface area (Å²) < 4.78 is 10.6. The van der Waals surface area contributed by atoms with Crippen molar-refractivity contribution in [3.8, 4) is 5.75 Å². The van der Waals surface area contributed by atoms with E-state index in [9.17, 15) is 4.79 Å². The molecule has 0 radical (unpaired) electrons. The first-order valence-corrected chi connectivity index (χ1v) is 7.71. The van der Waals surface area contributed by atoms with Crippen LogP contribution in [0.15, 0.2) is 24.3 Å². The molecule has 1 atom stereocenters. The highest BCUT2D eigenvalue weighted by Crippen LogP contribution is 2.35. The summed E-state index contributed by atoms with van der Waals surface area (Å²) in [5.41, 5.74) is 0.649. The summed E-state index contributed by atoms with van der Waals surface area (Å²) in [5, 5.41) is 6.33. The normalized spacial score (nSPS) is 20.9. The van der Waals surface area contributed by atoms with Crippen molar-refractivity contribution in [2.45, 2.75) is 44.8 Å². The Kier molecular flexibility index (Phi) is 4.96. The average Bonchev–Trinajstić information content (AvgIpc) is 2.40. The van der Waals surface area contributed by atoms with Gasteiger partial charge in [0.1, 0.15) is 11.4 Å². The standard InChI is InChI=1S/C17H26N2O3/c1-16(2,3)22-15(20)18-10-8-17(9-11-19-17)13-6-5-7-14(12-13)21-4/h5-7,12,19H,8-11H2,1-4H3,(H,18,20). The number of alkyl carbamates (subject to hydrolysis) is 1. The lowest BCUT2D eigenvalue weighted by atomic mass is 9.78. The van der Waals surface area contributed by atoms with Gasteiger partial charge in [0.15, 0.2) is 0 Å². The van der Waals surface area contributed by atoms with E-state index in [1.54, 1.807) is 7.11 Å². The molecule has 5 nitrogen and oxygen atoms in total. The van der Waals surface area contributed by atoms with Gasteiger partial charge in [0, 0.05) is 12.1 Å². The van der Waals surface area contributed by atoms with E-state index in [1.807, 2.05) is 32.9 Å². The number of methoxy groups -OCH3 is 1. The van der Waals surface area contributed by atoms with Crippen molar-refractivity contribution < 1.29 is 14.3 Å². The molecule has 1 aliphatic heterocycles. The van der Waals surface area contributed by atoms with Crippen LogP contribution in [0.25, 0.3) is 0 Å². The Hall–Kier alpha value is -1.75. The van der Waals surface area contributed by atoms with Crippen LogP contribution in [0.1, 0.15) is 39.2 Å². The minimum atomic E-state index is -0.469. The number of carbonyl (C=O) groups excluding carboxylic acids is 1. The topological polar surface area (TPSA) is 59.6 Å². The SMILES string of the molecule is COc1cccc(C2(CCNC(=O)OC(C)(C)C)CCN2)c1. The Morgan fingerprint density at radius 2 is 2.14 bits per heavy atom. The van der Waals surface area contributed by atoms with Crippen LogP contribution in [0, 0.1) is 0 Å². The third-order valence-electron chi connectivity index (χ3n) is 3.86. The van der Waals surface area contributed by atoms with Gasteiger partial charge in [-0.05, 0) is 57.9 Å². The van der Waals surface area contributed by atoms with Crippen molar-refractivity contribution in [2.75, 3.05) is 20.2 Å². The summed E-state index contributed by atoms with van der Waals surface area (Å²) in [7, 11) is 1.67. The lowest BCUT2D eigenvalue weighted by Gasteiger charge is -2.44. The first kappa shape index (κ1) is 16.6. The summed E-state index contributed by atoms with van der Waals surface area (Å²) in [6.07, 6.45) is 1.50. The third kappa shape index (κ3) is 4.13. The molecule has 1 aromatic carbocycles. The molecule has 0 bridgehead atoms. The predicted octanol–water partition coefficient (Wildman–Crippen LogP) is 2.80.